The molecule has 0 N–H and O–H groups in total. The second-order valence-electron chi connectivity index (χ2n) is 2.64. The molecule has 0 saturated carbocycles. The van der Waals surface area contributed by atoms with E-state index in [0.717, 1.165) is 3.39 Å². The van der Waals surface area contributed by atoms with Gasteiger partial charge in [-0.25, -0.2) is 0 Å². The Balaban J connectivity index is 3.64. The summed E-state index contributed by atoms with van der Waals surface area (Å²) in [4.78, 5) is 0. The van der Waals surface area contributed by atoms with Gasteiger partial charge in [0.1, 0.15) is 6.26 Å². The van der Waals surface area contributed by atoms with Crippen LogP contribution in [0.1, 0.15) is 20.8 Å². The number of hydrogen-bond acceptors (Lipinski definition) is 1. The summed E-state index contributed by atoms with van der Waals surface area (Å²) >= 11 is 6.36. The van der Waals surface area contributed by atoms with E-state index >= 15 is 0 Å². The third-order valence-corrected chi connectivity index (χ3v) is 0.875. The normalized spacial score (nSPS) is 10.8. The molecule has 0 aliphatic rings. The van der Waals surface area contributed by atoms with Crippen molar-refractivity contribution < 1.29 is 4.74 Å². The quantitative estimate of drug-likeness (QED) is 0.655. The van der Waals surface area contributed by atoms with E-state index in [1.165, 1.54) is 0 Å². The summed E-state index contributed by atoms with van der Waals surface area (Å²) in [6.45, 7) is 5.98. The molecule has 0 aromatic heterocycles. The van der Waals surface area contributed by atoms with Crippen LogP contribution < -0.4 is 0 Å². The van der Waals surface area contributed by atoms with Gasteiger partial charge in [0.2, 0.25) is 0 Å². The zero-order valence-electron chi connectivity index (χ0n) is 5.74. The van der Waals surface area contributed by atoms with Gasteiger partial charge in [-0.15, -0.1) is 0 Å². The predicted octanol–water partition coefficient (Wildman–Crippen LogP) is 3.39. The second-order valence-corrected chi connectivity index (χ2v) is 5.41. The van der Waals surface area contributed by atoms with E-state index in [9.17, 15) is 0 Å². The Labute approximate surface area is 72.7 Å². The first-order valence-corrected chi connectivity index (χ1v) is 4.19. The van der Waals surface area contributed by atoms with Gasteiger partial charge in [0.25, 0.3) is 0 Å². The summed E-state index contributed by atoms with van der Waals surface area (Å²) in [5.74, 6) is 0. The fraction of sp³-hybridized carbons (Fsp3) is 0.667. The lowest BCUT2D eigenvalue weighted by atomic mass is 10.2. The fourth-order valence-corrected chi connectivity index (χ4v) is 0.408. The highest BCUT2D eigenvalue weighted by Crippen LogP contribution is 2.16. The number of halogens is 2. The maximum Gasteiger partial charge on any atom is 0.105 e. The van der Waals surface area contributed by atoms with Crippen molar-refractivity contribution in [3.8, 4) is 0 Å². The maximum absolute atomic E-state index is 5.23. The molecule has 0 unspecified atom stereocenters. The molecule has 0 spiro atoms. The van der Waals surface area contributed by atoms with E-state index in [2.05, 4.69) is 31.9 Å². The van der Waals surface area contributed by atoms with Gasteiger partial charge < -0.3 is 4.74 Å². The van der Waals surface area contributed by atoms with Crippen LogP contribution in [0.3, 0.4) is 0 Å². The second kappa shape index (κ2) is 3.62. The smallest absolute Gasteiger partial charge is 0.105 e. The van der Waals surface area contributed by atoms with Crippen molar-refractivity contribution in [1.29, 1.82) is 0 Å². The molecule has 3 heteroatoms. The molecule has 0 rings (SSSR count). The molecule has 0 aliphatic carbocycles. The van der Waals surface area contributed by atoms with Gasteiger partial charge >= 0.3 is 0 Å². The van der Waals surface area contributed by atoms with E-state index in [1.54, 1.807) is 6.26 Å². The lowest BCUT2D eigenvalue weighted by Gasteiger charge is -2.17. The van der Waals surface area contributed by atoms with E-state index in [-0.39, 0.29) is 5.60 Å². The SMILES string of the molecule is CC(C)(C)OC=C(Br)Br. The van der Waals surface area contributed by atoms with Crippen LogP contribution in [0.5, 0.6) is 0 Å². The molecule has 1 nitrogen and oxygen atoms in total. The van der Waals surface area contributed by atoms with E-state index in [4.69, 9.17) is 4.74 Å². The average Bonchev–Trinajstić information content (AvgIpc) is 1.59. The highest BCUT2D eigenvalue weighted by Gasteiger charge is 2.07. The molecule has 0 aromatic rings. The Morgan fingerprint density at radius 1 is 1.33 bits per heavy atom. The Morgan fingerprint density at radius 3 is 1.89 bits per heavy atom. The van der Waals surface area contributed by atoms with Gasteiger partial charge in [0.15, 0.2) is 0 Å². The predicted molar refractivity (Wildman–Crippen MR) is 46.8 cm³/mol. The molecule has 0 amide bonds. The third kappa shape index (κ3) is 8.50. The first kappa shape index (κ1) is 9.50. The Bertz CT molecular complexity index is 109. The molecule has 0 bridgehead atoms. The largest absolute Gasteiger partial charge is 0.494 e. The van der Waals surface area contributed by atoms with Crippen LogP contribution in [0, 0.1) is 0 Å². The topological polar surface area (TPSA) is 9.23 Å². The molecule has 0 fully saturated rings. The van der Waals surface area contributed by atoms with Crippen molar-refractivity contribution in [1.82, 2.24) is 0 Å². The van der Waals surface area contributed by atoms with Gasteiger partial charge in [-0.2, -0.15) is 0 Å². The maximum atomic E-state index is 5.23. The average molecular weight is 258 g/mol. The number of ether oxygens (including phenoxy) is 1. The van der Waals surface area contributed by atoms with Crippen LogP contribution in [0.2, 0.25) is 0 Å². The first-order chi connectivity index (χ1) is 3.92. The minimum absolute atomic E-state index is 0.104. The summed E-state index contributed by atoms with van der Waals surface area (Å²) < 4.78 is 6.06. The Morgan fingerprint density at radius 2 is 1.78 bits per heavy atom. The monoisotopic (exact) mass is 256 g/mol. The van der Waals surface area contributed by atoms with Crippen molar-refractivity contribution in [2.75, 3.05) is 0 Å². The molecule has 0 radical (unpaired) electrons. The van der Waals surface area contributed by atoms with Gasteiger partial charge in [-0.3, -0.25) is 0 Å². The lowest BCUT2D eigenvalue weighted by molar-refractivity contribution is 0.0769. The molecule has 0 saturated heterocycles. The highest BCUT2D eigenvalue weighted by atomic mass is 79.9. The zero-order chi connectivity index (χ0) is 7.49. The lowest BCUT2D eigenvalue weighted by Crippen LogP contribution is -2.15. The van der Waals surface area contributed by atoms with Crippen LogP contribution in [-0.4, -0.2) is 5.60 Å². The van der Waals surface area contributed by atoms with Gasteiger partial charge in [-0.05, 0) is 52.6 Å². The van der Waals surface area contributed by atoms with E-state index in [0.29, 0.717) is 0 Å². The summed E-state index contributed by atoms with van der Waals surface area (Å²) in [6.07, 6.45) is 1.62. The van der Waals surface area contributed by atoms with Crippen molar-refractivity contribution in [2.24, 2.45) is 0 Å². The molecule has 0 heterocycles. The molecule has 0 aliphatic heterocycles. The van der Waals surface area contributed by atoms with Crippen molar-refractivity contribution in [2.45, 2.75) is 26.4 Å². The number of hydrogen-bond donors (Lipinski definition) is 0. The van der Waals surface area contributed by atoms with E-state index < -0.39 is 0 Å². The Hall–Kier alpha value is 0.500. The van der Waals surface area contributed by atoms with Crippen molar-refractivity contribution >= 4 is 31.9 Å². The first-order valence-electron chi connectivity index (χ1n) is 2.61. The van der Waals surface area contributed by atoms with Gasteiger partial charge in [-0.1, -0.05) is 0 Å². The zero-order valence-corrected chi connectivity index (χ0v) is 8.91. The van der Waals surface area contributed by atoms with Crippen LogP contribution in [0.4, 0.5) is 0 Å². The van der Waals surface area contributed by atoms with Crippen molar-refractivity contribution in [3.05, 3.63) is 9.65 Å². The minimum Gasteiger partial charge on any atom is -0.494 e. The number of rotatable bonds is 1. The summed E-state index contributed by atoms with van der Waals surface area (Å²) in [7, 11) is 0. The Kier molecular flexibility index (Phi) is 3.82. The standard InChI is InChI=1S/C6H10Br2O/c1-6(2,3)9-4-5(7)8/h4H,1-3H3. The van der Waals surface area contributed by atoms with Crippen LogP contribution in [-0.2, 0) is 4.74 Å². The van der Waals surface area contributed by atoms with Gasteiger partial charge in [0, 0.05) is 0 Å². The van der Waals surface area contributed by atoms with Crippen LogP contribution in [0.15, 0.2) is 9.65 Å². The van der Waals surface area contributed by atoms with Gasteiger partial charge in [0.05, 0.1) is 8.99 Å². The molecule has 0 atom stereocenters. The third-order valence-electron chi connectivity index (χ3n) is 0.502. The summed E-state index contributed by atoms with van der Waals surface area (Å²) in [5, 5.41) is 0. The molecular formula is C6H10Br2O. The highest BCUT2D eigenvalue weighted by molar-refractivity contribution is 9.28. The molecule has 9 heavy (non-hydrogen) atoms. The molecule has 0 aromatic carbocycles. The minimum atomic E-state index is -0.104. The molecular weight excluding hydrogens is 248 g/mol. The van der Waals surface area contributed by atoms with Crippen LogP contribution in [0.25, 0.3) is 0 Å². The van der Waals surface area contributed by atoms with E-state index in [1.807, 2.05) is 20.8 Å². The van der Waals surface area contributed by atoms with Crippen LogP contribution >= 0.6 is 31.9 Å². The summed E-state index contributed by atoms with van der Waals surface area (Å²) in [6, 6.07) is 0. The fourth-order valence-electron chi connectivity index (χ4n) is 0.221. The van der Waals surface area contributed by atoms with Crippen molar-refractivity contribution in [3.63, 3.8) is 0 Å². The molecule has 54 valence electrons. The summed E-state index contributed by atoms with van der Waals surface area (Å²) in [5.41, 5.74) is -0.104.